The Morgan fingerprint density at radius 2 is 1.88 bits per heavy atom. The molecule has 0 N–H and O–H groups in total. The Bertz CT molecular complexity index is 635. The maximum atomic E-state index is 12.2. The SMILES string of the molecule is O=C(CCC(F)(F)F)N1CCC2(CC1)CC(Cc1ccccc1)=NO2. The molecular formula is C18H21F3N2O2. The number of hydrogen-bond donors (Lipinski definition) is 0. The van der Waals surface area contributed by atoms with Crippen molar-refractivity contribution in [2.24, 2.45) is 5.16 Å². The van der Waals surface area contributed by atoms with Crippen molar-refractivity contribution < 1.29 is 22.8 Å². The lowest BCUT2D eigenvalue weighted by Crippen LogP contribution is -2.47. The molecule has 2 aliphatic rings. The average molecular weight is 354 g/mol. The van der Waals surface area contributed by atoms with Crippen LogP contribution in [0.3, 0.4) is 0 Å². The van der Waals surface area contributed by atoms with Gasteiger partial charge in [0.1, 0.15) is 5.60 Å². The van der Waals surface area contributed by atoms with Gasteiger partial charge in [0.25, 0.3) is 0 Å². The van der Waals surface area contributed by atoms with Crippen molar-refractivity contribution in [3.8, 4) is 0 Å². The Morgan fingerprint density at radius 3 is 2.52 bits per heavy atom. The smallest absolute Gasteiger partial charge is 0.389 e. The molecule has 25 heavy (non-hydrogen) atoms. The monoisotopic (exact) mass is 354 g/mol. The second-order valence-electron chi connectivity index (χ2n) is 6.77. The van der Waals surface area contributed by atoms with Crippen molar-refractivity contribution in [3.05, 3.63) is 35.9 Å². The van der Waals surface area contributed by atoms with Crippen LogP contribution in [-0.2, 0) is 16.1 Å². The molecule has 0 radical (unpaired) electrons. The van der Waals surface area contributed by atoms with Crippen LogP contribution >= 0.6 is 0 Å². The molecule has 0 unspecified atom stereocenters. The van der Waals surface area contributed by atoms with Gasteiger partial charge in [-0.3, -0.25) is 4.79 Å². The molecule has 4 nitrogen and oxygen atoms in total. The fraction of sp³-hybridized carbons (Fsp3) is 0.556. The Labute approximate surface area is 144 Å². The standard InChI is InChI=1S/C18H21F3N2O2/c19-18(20,21)7-6-16(24)23-10-8-17(9-11-23)13-15(22-25-17)12-14-4-2-1-3-5-14/h1-5H,6-13H2. The van der Waals surface area contributed by atoms with Gasteiger partial charge in [0.2, 0.25) is 5.91 Å². The van der Waals surface area contributed by atoms with Crippen molar-refractivity contribution in [1.82, 2.24) is 4.90 Å². The van der Waals surface area contributed by atoms with Crippen LogP contribution < -0.4 is 0 Å². The number of amides is 1. The lowest BCUT2D eigenvalue weighted by atomic mass is 9.85. The summed E-state index contributed by atoms with van der Waals surface area (Å²) >= 11 is 0. The third-order valence-corrected chi connectivity index (χ3v) is 4.80. The van der Waals surface area contributed by atoms with Crippen LogP contribution in [0.5, 0.6) is 0 Å². The van der Waals surface area contributed by atoms with E-state index < -0.39 is 30.5 Å². The number of piperidine rings is 1. The molecule has 0 saturated carbocycles. The third kappa shape index (κ3) is 4.74. The number of rotatable bonds is 4. The van der Waals surface area contributed by atoms with Gasteiger partial charge in [0.15, 0.2) is 0 Å². The molecule has 2 aliphatic heterocycles. The summed E-state index contributed by atoms with van der Waals surface area (Å²) in [5, 5.41) is 4.21. The van der Waals surface area contributed by atoms with E-state index in [9.17, 15) is 18.0 Å². The number of hydrogen-bond acceptors (Lipinski definition) is 3. The van der Waals surface area contributed by atoms with Crippen molar-refractivity contribution in [3.63, 3.8) is 0 Å². The molecule has 7 heteroatoms. The highest BCUT2D eigenvalue weighted by Crippen LogP contribution is 2.35. The molecule has 1 spiro atoms. The van der Waals surface area contributed by atoms with E-state index in [1.54, 1.807) is 0 Å². The zero-order valence-corrected chi connectivity index (χ0v) is 13.9. The summed E-state index contributed by atoms with van der Waals surface area (Å²) in [6.45, 7) is 0.843. The quantitative estimate of drug-likeness (QED) is 0.827. The van der Waals surface area contributed by atoms with E-state index in [1.165, 1.54) is 10.5 Å². The summed E-state index contributed by atoms with van der Waals surface area (Å²) in [5.74, 6) is -0.435. The summed E-state index contributed by atoms with van der Waals surface area (Å²) in [7, 11) is 0. The van der Waals surface area contributed by atoms with E-state index in [4.69, 9.17) is 4.84 Å². The second kappa shape index (κ2) is 7.06. The van der Waals surface area contributed by atoms with E-state index in [2.05, 4.69) is 5.16 Å². The molecule has 1 amide bonds. The number of halogens is 3. The van der Waals surface area contributed by atoms with E-state index in [0.29, 0.717) is 32.4 Å². The Balaban J connectivity index is 1.47. The van der Waals surface area contributed by atoms with Crippen molar-refractivity contribution in [2.45, 2.75) is 50.3 Å². The van der Waals surface area contributed by atoms with Gasteiger partial charge in [-0.15, -0.1) is 0 Å². The molecule has 0 aromatic heterocycles. The molecule has 1 saturated heterocycles. The lowest BCUT2D eigenvalue weighted by Gasteiger charge is -2.37. The highest BCUT2D eigenvalue weighted by atomic mass is 19.4. The van der Waals surface area contributed by atoms with E-state index >= 15 is 0 Å². The Kier molecular flexibility index (Phi) is 5.01. The molecule has 0 aliphatic carbocycles. The van der Waals surface area contributed by atoms with Gasteiger partial charge in [-0.25, -0.2) is 0 Å². The van der Waals surface area contributed by atoms with Crippen LogP contribution in [0, 0.1) is 0 Å². The van der Waals surface area contributed by atoms with Gasteiger partial charge < -0.3 is 9.74 Å². The van der Waals surface area contributed by atoms with E-state index in [1.807, 2.05) is 30.3 Å². The van der Waals surface area contributed by atoms with Crippen LogP contribution in [0.1, 0.15) is 37.7 Å². The predicted molar refractivity (Wildman–Crippen MR) is 87.1 cm³/mol. The summed E-state index contributed by atoms with van der Waals surface area (Å²) in [6.07, 6.45) is -3.18. The van der Waals surface area contributed by atoms with Gasteiger partial charge >= 0.3 is 6.18 Å². The number of likely N-dealkylation sites (tertiary alicyclic amines) is 1. The number of oxime groups is 1. The molecule has 1 fully saturated rings. The van der Waals surface area contributed by atoms with Crippen molar-refractivity contribution in [2.75, 3.05) is 13.1 Å². The first kappa shape index (κ1) is 17.8. The molecule has 1 aromatic carbocycles. The lowest BCUT2D eigenvalue weighted by molar-refractivity contribution is -0.152. The van der Waals surface area contributed by atoms with Crippen LogP contribution in [0.4, 0.5) is 13.2 Å². The minimum atomic E-state index is -4.29. The molecule has 136 valence electrons. The molecule has 0 atom stereocenters. The average Bonchev–Trinajstić information content (AvgIpc) is 2.96. The summed E-state index contributed by atoms with van der Waals surface area (Å²) < 4.78 is 36.7. The van der Waals surface area contributed by atoms with Gasteiger partial charge in [-0.1, -0.05) is 35.5 Å². The van der Waals surface area contributed by atoms with Crippen LogP contribution in [0.15, 0.2) is 35.5 Å². The number of alkyl halides is 3. The number of carbonyl (C=O) groups excluding carboxylic acids is 1. The minimum absolute atomic E-state index is 0.398. The summed E-state index contributed by atoms with van der Waals surface area (Å²) in [5.41, 5.74) is 1.75. The zero-order valence-electron chi connectivity index (χ0n) is 13.9. The van der Waals surface area contributed by atoms with Gasteiger partial charge in [0, 0.05) is 45.2 Å². The first-order valence-electron chi connectivity index (χ1n) is 8.48. The van der Waals surface area contributed by atoms with Crippen molar-refractivity contribution >= 4 is 11.6 Å². The highest BCUT2D eigenvalue weighted by molar-refractivity contribution is 5.88. The maximum Gasteiger partial charge on any atom is 0.389 e. The summed E-state index contributed by atoms with van der Waals surface area (Å²) in [6, 6.07) is 9.99. The Hall–Kier alpha value is -2.05. The largest absolute Gasteiger partial charge is 0.389 e. The third-order valence-electron chi connectivity index (χ3n) is 4.80. The molecule has 0 bridgehead atoms. The fourth-order valence-electron chi connectivity index (χ4n) is 3.36. The fourth-order valence-corrected chi connectivity index (χ4v) is 3.36. The first-order valence-corrected chi connectivity index (χ1v) is 8.48. The number of nitrogens with zero attached hydrogens (tertiary/aromatic N) is 2. The second-order valence-corrected chi connectivity index (χ2v) is 6.77. The number of carbonyl (C=O) groups is 1. The van der Waals surface area contributed by atoms with Crippen LogP contribution in [0.2, 0.25) is 0 Å². The minimum Gasteiger partial charge on any atom is -0.389 e. The molecule has 2 heterocycles. The summed E-state index contributed by atoms with van der Waals surface area (Å²) in [4.78, 5) is 19.1. The molecular weight excluding hydrogens is 333 g/mol. The van der Waals surface area contributed by atoms with Crippen molar-refractivity contribution in [1.29, 1.82) is 0 Å². The predicted octanol–water partition coefficient (Wildman–Crippen LogP) is 3.71. The van der Waals surface area contributed by atoms with Crippen LogP contribution in [0.25, 0.3) is 0 Å². The molecule has 1 aromatic rings. The van der Waals surface area contributed by atoms with Gasteiger partial charge in [0.05, 0.1) is 12.1 Å². The maximum absolute atomic E-state index is 12.2. The topological polar surface area (TPSA) is 41.9 Å². The van der Waals surface area contributed by atoms with Gasteiger partial charge in [-0.05, 0) is 5.56 Å². The Morgan fingerprint density at radius 1 is 1.20 bits per heavy atom. The van der Waals surface area contributed by atoms with Crippen LogP contribution in [-0.4, -0.2) is 41.4 Å². The normalized spacial score (nSPS) is 19.6. The number of benzene rings is 1. The van der Waals surface area contributed by atoms with E-state index in [0.717, 1.165) is 12.1 Å². The highest BCUT2D eigenvalue weighted by Gasteiger charge is 2.43. The first-order chi connectivity index (χ1) is 11.9. The zero-order chi connectivity index (χ0) is 17.9. The molecule has 3 rings (SSSR count). The van der Waals surface area contributed by atoms with Gasteiger partial charge in [-0.2, -0.15) is 13.2 Å². The van der Waals surface area contributed by atoms with E-state index in [-0.39, 0.29) is 0 Å².